The lowest BCUT2D eigenvalue weighted by Gasteiger charge is -2.16. The fourth-order valence-corrected chi connectivity index (χ4v) is 3.71. The Balaban J connectivity index is 1.80. The highest BCUT2D eigenvalue weighted by molar-refractivity contribution is 6.46. The van der Waals surface area contributed by atoms with Crippen LogP contribution in [-0.2, 0) is 16.0 Å². The van der Waals surface area contributed by atoms with Crippen LogP contribution >= 0.6 is 0 Å². The number of anilines is 2. The molecule has 3 aromatic carbocycles. The maximum absolute atomic E-state index is 13.5. The van der Waals surface area contributed by atoms with Crippen LogP contribution in [0.4, 0.5) is 11.4 Å². The van der Waals surface area contributed by atoms with Gasteiger partial charge in [0.1, 0.15) is 5.70 Å². The molecular weight excluding hydrogens is 384 g/mol. The lowest BCUT2D eigenvalue weighted by atomic mass is 10.0. The van der Waals surface area contributed by atoms with Crippen LogP contribution in [0, 0.1) is 20.8 Å². The zero-order valence-electron chi connectivity index (χ0n) is 18.3. The molecular formula is C27H26N2O2. The number of nitrogens with one attached hydrogen (secondary N) is 1. The van der Waals surface area contributed by atoms with Gasteiger partial charge in [0, 0.05) is 5.69 Å². The minimum atomic E-state index is -0.344. The fourth-order valence-electron chi connectivity index (χ4n) is 3.71. The van der Waals surface area contributed by atoms with Gasteiger partial charge in [-0.1, -0.05) is 55.0 Å². The summed E-state index contributed by atoms with van der Waals surface area (Å²) in [5.74, 6) is -0.660. The Morgan fingerprint density at radius 1 is 0.774 bits per heavy atom. The van der Waals surface area contributed by atoms with Gasteiger partial charge in [-0.05, 0) is 73.7 Å². The Morgan fingerprint density at radius 2 is 1.45 bits per heavy atom. The second-order valence-corrected chi connectivity index (χ2v) is 8.01. The molecule has 0 saturated carbocycles. The van der Waals surface area contributed by atoms with Crippen molar-refractivity contribution in [3.05, 3.63) is 100 Å². The highest BCUT2D eigenvalue weighted by Crippen LogP contribution is 2.34. The summed E-state index contributed by atoms with van der Waals surface area (Å²) < 4.78 is 0. The summed E-state index contributed by atoms with van der Waals surface area (Å²) in [6.45, 7) is 8.14. The molecule has 1 N–H and O–H groups in total. The average molecular weight is 411 g/mol. The number of imide groups is 1. The van der Waals surface area contributed by atoms with Crippen molar-refractivity contribution >= 4 is 28.8 Å². The van der Waals surface area contributed by atoms with E-state index in [1.54, 1.807) is 0 Å². The smallest absolute Gasteiger partial charge is 0.282 e. The molecule has 0 bridgehead atoms. The molecule has 1 heterocycles. The molecule has 0 aliphatic carbocycles. The second-order valence-electron chi connectivity index (χ2n) is 8.01. The molecule has 0 aromatic heterocycles. The van der Waals surface area contributed by atoms with Gasteiger partial charge in [-0.25, -0.2) is 4.90 Å². The molecule has 0 unspecified atom stereocenters. The van der Waals surface area contributed by atoms with E-state index >= 15 is 0 Å². The summed E-state index contributed by atoms with van der Waals surface area (Å²) in [6.07, 6.45) is 0.897. The van der Waals surface area contributed by atoms with Gasteiger partial charge >= 0.3 is 0 Å². The summed E-state index contributed by atoms with van der Waals surface area (Å²) >= 11 is 0. The number of benzene rings is 3. The van der Waals surface area contributed by atoms with Crippen molar-refractivity contribution in [2.75, 3.05) is 10.2 Å². The molecule has 2 amide bonds. The van der Waals surface area contributed by atoms with E-state index < -0.39 is 0 Å². The first kappa shape index (κ1) is 20.6. The van der Waals surface area contributed by atoms with E-state index in [1.165, 1.54) is 10.5 Å². The van der Waals surface area contributed by atoms with Gasteiger partial charge in [0.25, 0.3) is 11.8 Å². The molecule has 4 heteroatoms. The number of aryl methyl sites for hydroxylation is 4. The second kappa shape index (κ2) is 8.23. The SMILES string of the molecule is CCc1ccc(N2C(=O)C(Nc3ccc(C)c(C)c3)=C(c3ccc(C)cc3)C2=O)cc1. The van der Waals surface area contributed by atoms with Crippen molar-refractivity contribution in [3.8, 4) is 0 Å². The van der Waals surface area contributed by atoms with E-state index in [4.69, 9.17) is 0 Å². The molecule has 3 aromatic rings. The molecule has 4 rings (SSSR count). The summed E-state index contributed by atoms with van der Waals surface area (Å²) in [6, 6.07) is 21.2. The Kier molecular flexibility index (Phi) is 5.47. The van der Waals surface area contributed by atoms with Gasteiger partial charge in [0.2, 0.25) is 0 Å². The van der Waals surface area contributed by atoms with Crippen LogP contribution in [0.15, 0.2) is 72.4 Å². The van der Waals surface area contributed by atoms with Crippen molar-refractivity contribution in [3.63, 3.8) is 0 Å². The van der Waals surface area contributed by atoms with Crippen LogP contribution in [0.25, 0.3) is 5.57 Å². The third kappa shape index (κ3) is 3.89. The third-order valence-electron chi connectivity index (χ3n) is 5.80. The van der Waals surface area contributed by atoms with Crippen molar-refractivity contribution < 1.29 is 9.59 Å². The molecule has 0 fully saturated rings. The van der Waals surface area contributed by atoms with Gasteiger partial charge in [-0.3, -0.25) is 9.59 Å². The van der Waals surface area contributed by atoms with Crippen LogP contribution in [-0.4, -0.2) is 11.8 Å². The summed E-state index contributed by atoms with van der Waals surface area (Å²) in [7, 11) is 0. The monoisotopic (exact) mass is 410 g/mol. The number of rotatable bonds is 5. The van der Waals surface area contributed by atoms with E-state index in [2.05, 4.69) is 12.2 Å². The molecule has 156 valence electrons. The van der Waals surface area contributed by atoms with E-state index in [1.807, 2.05) is 87.5 Å². The van der Waals surface area contributed by atoms with Crippen molar-refractivity contribution in [2.24, 2.45) is 0 Å². The molecule has 0 spiro atoms. The topological polar surface area (TPSA) is 49.4 Å². The zero-order valence-corrected chi connectivity index (χ0v) is 18.3. The van der Waals surface area contributed by atoms with Crippen LogP contribution in [0.5, 0.6) is 0 Å². The average Bonchev–Trinajstić information content (AvgIpc) is 3.01. The number of carbonyl (C=O) groups is 2. The Bertz CT molecular complexity index is 1190. The summed E-state index contributed by atoms with van der Waals surface area (Å²) in [4.78, 5) is 28.2. The number of hydrogen-bond acceptors (Lipinski definition) is 3. The van der Waals surface area contributed by atoms with Gasteiger partial charge < -0.3 is 5.32 Å². The predicted molar refractivity (Wildman–Crippen MR) is 126 cm³/mol. The Morgan fingerprint density at radius 3 is 2.06 bits per heavy atom. The van der Waals surface area contributed by atoms with Crippen LogP contribution in [0.2, 0.25) is 0 Å². The van der Waals surface area contributed by atoms with E-state index in [0.29, 0.717) is 17.0 Å². The number of hydrogen-bond donors (Lipinski definition) is 1. The zero-order chi connectivity index (χ0) is 22.1. The first-order valence-corrected chi connectivity index (χ1v) is 10.5. The number of amides is 2. The summed E-state index contributed by atoms with van der Waals surface area (Å²) in [5, 5.41) is 3.24. The molecule has 31 heavy (non-hydrogen) atoms. The maximum Gasteiger partial charge on any atom is 0.282 e. The highest BCUT2D eigenvalue weighted by atomic mass is 16.2. The molecule has 0 saturated heterocycles. The van der Waals surface area contributed by atoms with Gasteiger partial charge in [0.05, 0.1) is 11.3 Å². The molecule has 0 radical (unpaired) electrons. The van der Waals surface area contributed by atoms with E-state index in [0.717, 1.165) is 34.4 Å². The maximum atomic E-state index is 13.5. The third-order valence-corrected chi connectivity index (χ3v) is 5.80. The van der Waals surface area contributed by atoms with Gasteiger partial charge in [0.15, 0.2) is 0 Å². The van der Waals surface area contributed by atoms with Crippen LogP contribution in [0.1, 0.15) is 34.7 Å². The minimum Gasteiger partial charge on any atom is -0.350 e. The molecule has 1 aliphatic heterocycles. The molecule has 0 atom stereocenters. The van der Waals surface area contributed by atoms with Gasteiger partial charge in [-0.2, -0.15) is 0 Å². The van der Waals surface area contributed by atoms with E-state index in [-0.39, 0.29) is 11.8 Å². The highest BCUT2D eigenvalue weighted by Gasteiger charge is 2.40. The first-order chi connectivity index (χ1) is 14.9. The minimum absolute atomic E-state index is 0.302. The van der Waals surface area contributed by atoms with E-state index in [9.17, 15) is 9.59 Å². The largest absolute Gasteiger partial charge is 0.350 e. The fraction of sp³-hybridized carbons (Fsp3) is 0.185. The van der Waals surface area contributed by atoms with Crippen LogP contribution in [0.3, 0.4) is 0 Å². The Labute approximate surface area is 183 Å². The van der Waals surface area contributed by atoms with Crippen molar-refractivity contribution in [1.82, 2.24) is 0 Å². The summed E-state index contributed by atoms with van der Waals surface area (Å²) in [5.41, 5.74) is 7.32. The lowest BCUT2D eigenvalue weighted by Crippen LogP contribution is -2.32. The van der Waals surface area contributed by atoms with Crippen LogP contribution < -0.4 is 10.2 Å². The normalized spacial score (nSPS) is 13.9. The van der Waals surface area contributed by atoms with Gasteiger partial charge in [-0.15, -0.1) is 0 Å². The molecule has 1 aliphatic rings. The standard InChI is InChI=1S/C27H26N2O2/c1-5-20-9-14-23(15-10-20)29-26(30)24(21-11-6-17(2)7-12-21)25(27(29)31)28-22-13-8-18(3)19(4)16-22/h6-16,28H,5H2,1-4H3. The Hall–Kier alpha value is -3.66. The molecule has 4 nitrogen and oxygen atoms in total. The predicted octanol–water partition coefficient (Wildman–Crippen LogP) is 5.57. The first-order valence-electron chi connectivity index (χ1n) is 10.5. The van der Waals surface area contributed by atoms with Crippen molar-refractivity contribution in [1.29, 1.82) is 0 Å². The number of nitrogens with zero attached hydrogens (tertiary/aromatic N) is 1. The quantitative estimate of drug-likeness (QED) is 0.559. The van der Waals surface area contributed by atoms with Crippen molar-refractivity contribution in [2.45, 2.75) is 34.1 Å². The lowest BCUT2D eigenvalue weighted by molar-refractivity contribution is -0.120. The number of carbonyl (C=O) groups excluding carboxylic acids is 2.